The molecule has 0 spiro atoms. The van der Waals surface area contributed by atoms with E-state index >= 15 is 0 Å². The molecule has 2 aromatic carbocycles. The number of aromatic nitrogens is 2. The van der Waals surface area contributed by atoms with E-state index in [1.807, 2.05) is 36.4 Å². The number of ether oxygens (including phenoxy) is 2. The molecule has 0 amide bonds. The van der Waals surface area contributed by atoms with E-state index in [9.17, 15) is 10.1 Å². The van der Waals surface area contributed by atoms with Crippen LogP contribution in [0.5, 0.6) is 17.4 Å². The van der Waals surface area contributed by atoms with Gasteiger partial charge in [-0.15, -0.1) is 0 Å². The first-order valence-corrected chi connectivity index (χ1v) is 12.1. The first-order valence-electron chi connectivity index (χ1n) is 12.1. The van der Waals surface area contributed by atoms with Crippen LogP contribution in [-0.4, -0.2) is 71.6 Å². The SMILES string of the molecule is COc1ccccc1Oc1nc(N2CCN(C)CC2)nc2c1CN(Cc1ccc([N+](=O)[O-])cc1)CC2. The van der Waals surface area contributed by atoms with E-state index in [1.165, 1.54) is 0 Å². The number of hydrogen-bond donors (Lipinski definition) is 0. The number of methoxy groups -OCH3 is 1. The molecule has 0 aliphatic carbocycles. The van der Waals surface area contributed by atoms with E-state index in [4.69, 9.17) is 19.4 Å². The Kier molecular flexibility index (Phi) is 6.97. The minimum atomic E-state index is -0.377. The smallest absolute Gasteiger partial charge is 0.269 e. The maximum atomic E-state index is 11.0. The molecule has 1 aromatic heterocycles. The molecule has 5 rings (SSSR count). The molecule has 0 bridgehead atoms. The number of benzene rings is 2. The van der Waals surface area contributed by atoms with Gasteiger partial charge in [0.1, 0.15) is 0 Å². The molecule has 10 heteroatoms. The summed E-state index contributed by atoms with van der Waals surface area (Å²) in [4.78, 5) is 27.3. The van der Waals surface area contributed by atoms with E-state index in [1.54, 1.807) is 19.2 Å². The highest BCUT2D eigenvalue weighted by Crippen LogP contribution is 2.35. The zero-order valence-corrected chi connectivity index (χ0v) is 20.6. The van der Waals surface area contributed by atoms with Crippen molar-refractivity contribution in [1.29, 1.82) is 0 Å². The van der Waals surface area contributed by atoms with Crippen molar-refractivity contribution in [3.63, 3.8) is 0 Å². The fraction of sp³-hybridized carbons (Fsp3) is 0.385. The van der Waals surface area contributed by atoms with Crippen LogP contribution in [0.3, 0.4) is 0 Å². The second-order valence-electron chi connectivity index (χ2n) is 9.18. The number of hydrogen-bond acceptors (Lipinski definition) is 9. The molecule has 0 saturated carbocycles. The summed E-state index contributed by atoms with van der Waals surface area (Å²) in [7, 11) is 3.75. The first-order chi connectivity index (χ1) is 17.5. The van der Waals surface area contributed by atoms with Crippen LogP contribution in [0.25, 0.3) is 0 Å². The topological polar surface area (TPSA) is 97.1 Å². The lowest BCUT2D eigenvalue weighted by atomic mass is 10.1. The Balaban J connectivity index is 1.43. The number of rotatable bonds is 7. The number of nitrogens with zero attached hydrogens (tertiary/aromatic N) is 6. The fourth-order valence-corrected chi connectivity index (χ4v) is 4.58. The van der Waals surface area contributed by atoms with Crippen LogP contribution in [0.4, 0.5) is 11.6 Å². The summed E-state index contributed by atoms with van der Waals surface area (Å²) in [5, 5.41) is 11.0. The Hall–Kier alpha value is -3.76. The van der Waals surface area contributed by atoms with Gasteiger partial charge in [0.25, 0.3) is 5.69 Å². The lowest BCUT2D eigenvalue weighted by Gasteiger charge is -2.34. The molecular weight excluding hydrogens is 460 g/mol. The van der Waals surface area contributed by atoms with Crippen molar-refractivity contribution < 1.29 is 14.4 Å². The monoisotopic (exact) mass is 490 g/mol. The van der Waals surface area contributed by atoms with Crippen LogP contribution >= 0.6 is 0 Å². The molecule has 2 aliphatic heterocycles. The third-order valence-corrected chi connectivity index (χ3v) is 6.70. The average molecular weight is 491 g/mol. The third kappa shape index (κ3) is 5.24. The molecule has 0 unspecified atom stereocenters. The largest absolute Gasteiger partial charge is 0.493 e. The normalized spacial score (nSPS) is 16.4. The fourth-order valence-electron chi connectivity index (χ4n) is 4.58. The van der Waals surface area contributed by atoms with Crippen molar-refractivity contribution in [3.8, 4) is 17.4 Å². The Morgan fingerprint density at radius 2 is 1.69 bits per heavy atom. The van der Waals surface area contributed by atoms with Gasteiger partial charge in [0.15, 0.2) is 11.5 Å². The van der Waals surface area contributed by atoms with Gasteiger partial charge in [-0.05, 0) is 24.7 Å². The van der Waals surface area contributed by atoms with Crippen molar-refractivity contribution in [3.05, 3.63) is 75.5 Å². The molecule has 10 nitrogen and oxygen atoms in total. The minimum absolute atomic E-state index is 0.0973. The van der Waals surface area contributed by atoms with Gasteiger partial charge in [-0.1, -0.05) is 24.3 Å². The minimum Gasteiger partial charge on any atom is -0.493 e. The van der Waals surface area contributed by atoms with E-state index in [-0.39, 0.29) is 10.6 Å². The van der Waals surface area contributed by atoms with Crippen LogP contribution in [0.1, 0.15) is 16.8 Å². The van der Waals surface area contributed by atoms with E-state index in [0.29, 0.717) is 36.4 Å². The molecule has 1 fully saturated rings. The van der Waals surface area contributed by atoms with Crippen molar-refractivity contribution in [1.82, 2.24) is 19.8 Å². The quantitative estimate of drug-likeness (QED) is 0.364. The van der Waals surface area contributed by atoms with E-state index < -0.39 is 0 Å². The Morgan fingerprint density at radius 1 is 0.972 bits per heavy atom. The van der Waals surface area contributed by atoms with Crippen LogP contribution in [0, 0.1) is 10.1 Å². The number of fused-ring (bicyclic) bond motifs is 1. The number of piperazine rings is 1. The number of non-ortho nitro benzene ring substituents is 1. The predicted octanol–water partition coefficient (Wildman–Crippen LogP) is 3.50. The lowest BCUT2D eigenvalue weighted by molar-refractivity contribution is -0.384. The van der Waals surface area contributed by atoms with Gasteiger partial charge in [-0.3, -0.25) is 15.0 Å². The lowest BCUT2D eigenvalue weighted by Crippen LogP contribution is -2.45. The number of para-hydroxylation sites is 2. The van der Waals surface area contributed by atoms with Gasteiger partial charge < -0.3 is 19.3 Å². The molecule has 0 N–H and O–H groups in total. The number of nitro groups is 1. The van der Waals surface area contributed by atoms with Crippen LogP contribution in [0.2, 0.25) is 0 Å². The summed E-state index contributed by atoms with van der Waals surface area (Å²) in [6.45, 7) is 5.80. The van der Waals surface area contributed by atoms with Crippen molar-refractivity contribution in [2.45, 2.75) is 19.5 Å². The van der Waals surface area contributed by atoms with E-state index in [0.717, 1.165) is 56.0 Å². The molecule has 1 saturated heterocycles. The van der Waals surface area contributed by atoms with Crippen LogP contribution < -0.4 is 14.4 Å². The highest BCUT2D eigenvalue weighted by Gasteiger charge is 2.27. The molecule has 2 aliphatic rings. The van der Waals surface area contributed by atoms with Gasteiger partial charge >= 0.3 is 0 Å². The number of anilines is 1. The molecule has 0 atom stereocenters. The summed E-state index contributed by atoms with van der Waals surface area (Å²) >= 11 is 0. The molecular formula is C26H30N6O4. The van der Waals surface area contributed by atoms with Crippen LogP contribution in [0.15, 0.2) is 48.5 Å². The van der Waals surface area contributed by atoms with Gasteiger partial charge in [-0.25, -0.2) is 4.98 Å². The number of likely N-dealkylation sites (N-methyl/N-ethyl adjacent to an activating group) is 1. The van der Waals surface area contributed by atoms with Gasteiger partial charge in [0, 0.05) is 64.4 Å². The van der Waals surface area contributed by atoms with Crippen molar-refractivity contribution >= 4 is 11.6 Å². The summed E-state index contributed by atoms with van der Waals surface area (Å²) in [5.74, 6) is 2.50. The highest BCUT2D eigenvalue weighted by atomic mass is 16.6. The molecule has 0 radical (unpaired) electrons. The maximum absolute atomic E-state index is 11.0. The van der Waals surface area contributed by atoms with Gasteiger partial charge in [-0.2, -0.15) is 4.98 Å². The molecule has 3 aromatic rings. The second-order valence-corrected chi connectivity index (χ2v) is 9.18. The average Bonchev–Trinajstić information content (AvgIpc) is 2.90. The molecule has 36 heavy (non-hydrogen) atoms. The zero-order chi connectivity index (χ0) is 25.1. The second kappa shape index (κ2) is 10.5. The van der Waals surface area contributed by atoms with Crippen LogP contribution in [-0.2, 0) is 19.5 Å². The summed E-state index contributed by atoms with van der Waals surface area (Å²) in [5.41, 5.74) is 3.09. The summed E-state index contributed by atoms with van der Waals surface area (Å²) in [6.07, 6.45) is 0.772. The summed E-state index contributed by atoms with van der Waals surface area (Å²) in [6, 6.07) is 14.3. The highest BCUT2D eigenvalue weighted by molar-refractivity contribution is 5.47. The third-order valence-electron chi connectivity index (χ3n) is 6.70. The maximum Gasteiger partial charge on any atom is 0.269 e. The Bertz CT molecular complexity index is 1230. The van der Waals surface area contributed by atoms with E-state index in [2.05, 4.69) is 21.7 Å². The zero-order valence-electron chi connectivity index (χ0n) is 20.6. The predicted molar refractivity (Wildman–Crippen MR) is 136 cm³/mol. The van der Waals surface area contributed by atoms with Gasteiger partial charge in [0.2, 0.25) is 11.8 Å². The number of nitro benzene ring substituents is 1. The first kappa shape index (κ1) is 24.0. The molecule has 3 heterocycles. The Labute approximate surface area is 210 Å². The Morgan fingerprint density at radius 3 is 2.39 bits per heavy atom. The molecule has 188 valence electrons. The standard InChI is InChI=1S/C26H30N6O4/c1-29-13-15-31(16-14-29)26-27-22-11-12-30(17-19-7-9-20(10-8-19)32(33)34)18-21(22)25(28-26)36-24-6-4-3-5-23(24)35-2/h3-10H,11-18H2,1-2H3. The van der Waals surface area contributed by atoms with Crippen molar-refractivity contribution in [2.75, 3.05) is 51.8 Å². The summed E-state index contributed by atoms with van der Waals surface area (Å²) < 4.78 is 11.9. The van der Waals surface area contributed by atoms with Crippen molar-refractivity contribution in [2.24, 2.45) is 0 Å². The van der Waals surface area contributed by atoms with Gasteiger partial charge in [0.05, 0.1) is 23.3 Å².